The summed E-state index contributed by atoms with van der Waals surface area (Å²) >= 11 is 0. The molecule has 1 fully saturated rings. The predicted molar refractivity (Wildman–Crippen MR) is 54.1 cm³/mol. The van der Waals surface area contributed by atoms with Crippen molar-refractivity contribution in [2.24, 2.45) is 5.73 Å². The van der Waals surface area contributed by atoms with Crippen molar-refractivity contribution in [1.29, 1.82) is 0 Å². The number of hydrogen-bond acceptors (Lipinski definition) is 3. The van der Waals surface area contributed by atoms with E-state index in [1.54, 1.807) is 7.11 Å². The summed E-state index contributed by atoms with van der Waals surface area (Å²) in [5, 5.41) is 9.26. The highest BCUT2D eigenvalue weighted by Gasteiger charge is 2.41. The summed E-state index contributed by atoms with van der Waals surface area (Å²) in [5.41, 5.74) is 6.81. The average Bonchev–Trinajstić information content (AvgIpc) is 2.16. The summed E-state index contributed by atoms with van der Waals surface area (Å²) in [6.45, 7) is 0. The van der Waals surface area contributed by atoms with Crippen LogP contribution in [0.2, 0.25) is 0 Å². The van der Waals surface area contributed by atoms with Gasteiger partial charge < -0.3 is 15.6 Å². The number of nitrogens with two attached hydrogens (primary N) is 1. The van der Waals surface area contributed by atoms with Crippen LogP contribution in [0.25, 0.3) is 0 Å². The van der Waals surface area contributed by atoms with E-state index in [-0.39, 0.29) is 11.6 Å². The molecule has 2 rings (SSSR count). The zero-order valence-electron chi connectivity index (χ0n) is 8.23. The van der Waals surface area contributed by atoms with Gasteiger partial charge >= 0.3 is 0 Å². The van der Waals surface area contributed by atoms with Crippen molar-refractivity contribution >= 4 is 0 Å². The fourth-order valence-corrected chi connectivity index (χ4v) is 1.95. The third kappa shape index (κ3) is 1.49. The van der Waals surface area contributed by atoms with Crippen molar-refractivity contribution in [3.8, 4) is 5.75 Å². The van der Waals surface area contributed by atoms with Crippen molar-refractivity contribution in [1.82, 2.24) is 0 Å². The first kappa shape index (κ1) is 9.49. The van der Waals surface area contributed by atoms with Crippen LogP contribution in [0.3, 0.4) is 0 Å². The van der Waals surface area contributed by atoms with E-state index in [4.69, 9.17) is 10.5 Å². The van der Waals surface area contributed by atoms with Gasteiger partial charge in [0.2, 0.25) is 0 Å². The molecule has 76 valence electrons. The number of ether oxygens (including phenoxy) is 1. The highest BCUT2D eigenvalue weighted by molar-refractivity contribution is 5.35. The molecule has 0 radical (unpaired) electrons. The first-order valence-electron chi connectivity index (χ1n) is 4.75. The van der Waals surface area contributed by atoms with Gasteiger partial charge in [0.15, 0.2) is 0 Å². The van der Waals surface area contributed by atoms with E-state index in [0.29, 0.717) is 12.8 Å². The second kappa shape index (κ2) is 3.26. The fourth-order valence-electron chi connectivity index (χ4n) is 1.95. The normalized spacial score (nSPS) is 30.9. The molecule has 3 heteroatoms. The smallest absolute Gasteiger partial charge is 0.119 e. The molecule has 0 bridgehead atoms. The van der Waals surface area contributed by atoms with Gasteiger partial charge in [0.25, 0.3) is 0 Å². The molecule has 3 nitrogen and oxygen atoms in total. The Bertz CT molecular complexity index is 332. The largest absolute Gasteiger partial charge is 0.497 e. The third-order valence-corrected chi connectivity index (χ3v) is 2.84. The summed E-state index contributed by atoms with van der Waals surface area (Å²) in [4.78, 5) is 0. The Morgan fingerprint density at radius 3 is 2.79 bits per heavy atom. The molecule has 0 saturated heterocycles. The van der Waals surface area contributed by atoms with E-state index in [1.165, 1.54) is 0 Å². The molecule has 3 N–H and O–H groups in total. The lowest BCUT2D eigenvalue weighted by atomic mass is 9.70. The van der Waals surface area contributed by atoms with Gasteiger partial charge in [-0.1, -0.05) is 12.1 Å². The maximum Gasteiger partial charge on any atom is 0.119 e. The van der Waals surface area contributed by atoms with Crippen molar-refractivity contribution in [2.75, 3.05) is 7.11 Å². The topological polar surface area (TPSA) is 55.5 Å². The van der Waals surface area contributed by atoms with Crippen molar-refractivity contribution in [2.45, 2.75) is 24.5 Å². The molecule has 0 atom stereocenters. The van der Waals surface area contributed by atoms with Crippen LogP contribution in [0.15, 0.2) is 24.3 Å². The minimum absolute atomic E-state index is 0.244. The molecule has 14 heavy (non-hydrogen) atoms. The Kier molecular flexibility index (Phi) is 2.21. The van der Waals surface area contributed by atoms with Crippen LogP contribution in [-0.4, -0.2) is 18.3 Å². The highest BCUT2D eigenvalue weighted by Crippen LogP contribution is 2.39. The van der Waals surface area contributed by atoms with Gasteiger partial charge in [0, 0.05) is 5.54 Å². The second-order valence-electron chi connectivity index (χ2n) is 3.95. The quantitative estimate of drug-likeness (QED) is 0.736. The Morgan fingerprint density at radius 1 is 1.50 bits per heavy atom. The number of aliphatic hydroxyl groups is 1. The van der Waals surface area contributed by atoms with E-state index in [1.807, 2.05) is 24.3 Å². The maximum absolute atomic E-state index is 9.26. The van der Waals surface area contributed by atoms with Crippen molar-refractivity contribution in [3.05, 3.63) is 29.8 Å². The number of hydrogen-bond donors (Lipinski definition) is 2. The minimum atomic E-state index is -0.353. The van der Waals surface area contributed by atoms with E-state index < -0.39 is 0 Å². The van der Waals surface area contributed by atoms with Gasteiger partial charge in [-0.3, -0.25) is 0 Å². The minimum Gasteiger partial charge on any atom is -0.497 e. The number of aliphatic hydroxyl groups excluding tert-OH is 1. The summed E-state index contributed by atoms with van der Waals surface area (Å²) < 4.78 is 5.13. The van der Waals surface area contributed by atoms with Crippen LogP contribution in [-0.2, 0) is 5.54 Å². The number of benzene rings is 1. The Balaban J connectivity index is 2.24. The van der Waals surface area contributed by atoms with Gasteiger partial charge in [-0.25, -0.2) is 0 Å². The molecule has 1 aromatic rings. The first-order valence-corrected chi connectivity index (χ1v) is 4.75. The van der Waals surface area contributed by atoms with Crippen molar-refractivity contribution in [3.63, 3.8) is 0 Å². The van der Waals surface area contributed by atoms with Crippen LogP contribution in [0.4, 0.5) is 0 Å². The van der Waals surface area contributed by atoms with Gasteiger partial charge in [-0.05, 0) is 30.5 Å². The van der Waals surface area contributed by atoms with Crippen LogP contribution < -0.4 is 10.5 Å². The molecule has 1 aliphatic carbocycles. The van der Waals surface area contributed by atoms with Gasteiger partial charge in [0.05, 0.1) is 13.2 Å². The number of rotatable bonds is 2. The Hall–Kier alpha value is -1.06. The average molecular weight is 193 g/mol. The lowest BCUT2D eigenvalue weighted by Gasteiger charge is -2.42. The molecule has 1 aliphatic rings. The molecule has 0 unspecified atom stereocenters. The lowest BCUT2D eigenvalue weighted by Crippen LogP contribution is -2.51. The van der Waals surface area contributed by atoms with Crippen LogP contribution in [0, 0.1) is 0 Å². The highest BCUT2D eigenvalue weighted by atomic mass is 16.5. The molecule has 0 aliphatic heterocycles. The van der Waals surface area contributed by atoms with Gasteiger partial charge in [-0.2, -0.15) is 0 Å². The van der Waals surface area contributed by atoms with E-state index >= 15 is 0 Å². The zero-order valence-corrected chi connectivity index (χ0v) is 8.23. The monoisotopic (exact) mass is 193 g/mol. The zero-order chi connectivity index (χ0) is 10.2. The van der Waals surface area contributed by atoms with Gasteiger partial charge in [0.1, 0.15) is 5.75 Å². The first-order chi connectivity index (χ1) is 6.64. The fraction of sp³-hybridized carbons (Fsp3) is 0.455. The van der Waals surface area contributed by atoms with Crippen LogP contribution in [0.5, 0.6) is 5.75 Å². The van der Waals surface area contributed by atoms with Gasteiger partial charge in [-0.15, -0.1) is 0 Å². The SMILES string of the molecule is COc1cccc(C2(N)CC(O)C2)c1. The molecular weight excluding hydrogens is 178 g/mol. The van der Waals surface area contributed by atoms with E-state index in [9.17, 15) is 5.11 Å². The molecule has 1 aromatic carbocycles. The summed E-state index contributed by atoms with van der Waals surface area (Å²) in [6, 6.07) is 7.73. The molecule has 0 aromatic heterocycles. The molecular formula is C11H15NO2. The van der Waals surface area contributed by atoms with Crippen LogP contribution >= 0.6 is 0 Å². The Morgan fingerprint density at radius 2 is 2.21 bits per heavy atom. The molecule has 1 saturated carbocycles. The summed E-state index contributed by atoms with van der Waals surface area (Å²) in [6.07, 6.45) is 1.03. The molecule has 0 heterocycles. The number of methoxy groups -OCH3 is 1. The van der Waals surface area contributed by atoms with E-state index in [0.717, 1.165) is 11.3 Å². The molecule has 0 spiro atoms. The van der Waals surface area contributed by atoms with E-state index in [2.05, 4.69) is 0 Å². The van der Waals surface area contributed by atoms with Crippen molar-refractivity contribution < 1.29 is 9.84 Å². The maximum atomic E-state index is 9.26. The summed E-state index contributed by atoms with van der Waals surface area (Å²) in [7, 11) is 1.64. The lowest BCUT2D eigenvalue weighted by molar-refractivity contribution is 0.0208. The standard InChI is InChI=1S/C11H15NO2/c1-14-10-4-2-3-8(5-10)11(12)6-9(13)7-11/h2-5,9,13H,6-7,12H2,1H3. The third-order valence-electron chi connectivity index (χ3n) is 2.84. The summed E-state index contributed by atoms with van der Waals surface area (Å²) in [5.74, 6) is 0.814. The second-order valence-corrected chi connectivity index (χ2v) is 3.95. The van der Waals surface area contributed by atoms with Crippen LogP contribution in [0.1, 0.15) is 18.4 Å². The predicted octanol–water partition coefficient (Wildman–Crippen LogP) is 1.00. The Labute approximate surface area is 83.5 Å². The molecule has 0 amide bonds.